The number of amides is 1. The summed E-state index contributed by atoms with van der Waals surface area (Å²) in [4.78, 5) is 14.6. The van der Waals surface area contributed by atoms with Crippen molar-refractivity contribution in [3.8, 4) is 0 Å². The van der Waals surface area contributed by atoms with Crippen LogP contribution >= 0.6 is 0 Å². The molecular formula is C19H25N3O3S. The lowest BCUT2D eigenvalue weighted by Gasteiger charge is -2.25. The third-order valence-electron chi connectivity index (χ3n) is 4.14. The number of nitrogens with zero attached hydrogens (tertiary/aromatic N) is 2. The first kappa shape index (κ1) is 20.1. The van der Waals surface area contributed by atoms with E-state index >= 15 is 0 Å². The molecular weight excluding hydrogens is 350 g/mol. The third kappa shape index (κ3) is 4.69. The van der Waals surface area contributed by atoms with Crippen molar-refractivity contribution in [2.75, 3.05) is 34.7 Å². The van der Waals surface area contributed by atoms with Crippen LogP contribution in [0.5, 0.6) is 0 Å². The first-order chi connectivity index (χ1) is 12.2. The van der Waals surface area contributed by atoms with Gasteiger partial charge < -0.3 is 10.2 Å². The standard InChI is InChI=1S/C19H25N3O3S/c1-21(2)18(15-9-6-5-7-10-15)14-20-19(23)16-11-8-12-17(13-16)26(24,25)22(3)4/h5-13,18H,14H2,1-4H3,(H,20,23)/t18-/m0/s1. The molecule has 2 aromatic rings. The Labute approximate surface area is 155 Å². The van der Waals surface area contributed by atoms with Gasteiger partial charge >= 0.3 is 0 Å². The van der Waals surface area contributed by atoms with E-state index in [1.807, 2.05) is 49.3 Å². The van der Waals surface area contributed by atoms with Gasteiger partial charge in [-0.1, -0.05) is 36.4 Å². The Morgan fingerprint density at radius 2 is 1.65 bits per heavy atom. The monoisotopic (exact) mass is 375 g/mol. The molecule has 0 saturated heterocycles. The summed E-state index contributed by atoms with van der Waals surface area (Å²) in [6.07, 6.45) is 0. The van der Waals surface area contributed by atoms with Crippen LogP contribution in [0.1, 0.15) is 22.0 Å². The van der Waals surface area contributed by atoms with Crippen molar-refractivity contribution in [2.45, 2.75) is 10.9 Å². The van der Waals surface area contributed by atoms with Gasteiger partial charge in [0.05, 0.1) is 10.9 Å². The predicted molar refractivity (Wildman–Crippen MR) is 103 cm³/mol. The Balaban J connectivity index is 2.15. The number of nitrogens with one attached hydrogen (secondary N) is 1. The Morgan fingerprint density at radius 1 is 1.00 bits per heavy atom. The summed E-state index contributed by atoms with van der Waals surface area (Å²) in [6, 6.07) is 16.0. The minimum Gasteiger partial charge on any atom is -0.350 e. The topological polar surface area (TPSA) is 69.7 Å². The van der Waals surface area contributed by atoms with E-state index in [1.165, 1.54) is 26.2 Å². The summed E-state index contributed by atoms with van der Waals surface area (Å²) < 4.78 is 25.6. The molecule has 0 aliphatic heterocycles. The van der Waals surface area contributed by atoms with Gasteiger partial charge in [0, 0.05) is 26.2 Å². The number of rotatable bonds is 7. The van der Waals surface area contributed by atoms with E-state index in [4.69, 9.17) is 0 Å². The number of hydrogen-bond acceptors (Lipinski definition) is 4. The van der Waals surface area contributed by atoms with Gasteiger partial charge in [0.1, 0.15) is 0 Å². The average molecular weight is 375 g/mol. The quantitative estimate of drug-likeness (QED) is 0.803. The molecule has 140 valence electrons. The molecule has 1 N–H and O–H groups in total. The minimum absolute atomic E-state index is 0.0221. The van der Waals surface area contributed by atoms with Crippen molar-refractivity contribution < 1.29 is 13.2 Å². The molecule has 0 unspecified atom stereocenters. The smallest absolute Gasteiger partial charge is 0.251 e. The zero-order valence-electron chi connectivity index (χ0n) is 15.5. The second-order valence-electron chi connectivity index (χ2n) is 6.42. The first-order valence-corrected chi connectivity index (χ1v) is 9.69. The summed E-state index contributed by atoms with van der Waals surface area (Å²) in [7, 11) is 3.25. The van der Waals surface area contributed by atoms with Crippen LogP contribution in [0.4, 0.5) is 0 Å². The highest BCUT2D eigenvalue weighted by molar-refractivity contribution is 7.89. The van der Waals surface area contributed by atoms with E-state index < -0.39 is 10.0 Å². The second-order valence-corrected chi connectivity index (χ2v) is 8.57. The van der Waals surface area contributed by atoms with E-state index in [9.17, 15) is 13.2 Å². The van der Waals surface area contributed by atoms with Gasteiger partial charge in [-0.25, -0.2) is 12.7 Å². The van der Waals surface area contributed by atoms with Gasteiger partial charge in [-0.15, -0.1) is 0 Å². The van der Waals surface area contributed by atoms with Crippen LogP contribution in [0.2, 0.25) is 0 Å². The Bertz CT molecular complexity index is 849. The maximum Gasteiger partial charge on any atom is 0.251 e. The largest absolute Gasteiger partial charge is 0.350 e. The van der Waals surface area contributed by atoms with Crippen molar-refractivity contribution in [1.82, 2.24) is 14.5 Å². The number of likely N-dealkylation sites (N-methyl/N-ethyl adjacent to an activating group) is 1. The van der Waals surface area contributed by atoms with Crippen molar-refractivity contribution in [3.05, 3.63) is 65.7 Å². The molecule has 0 heterocycles. The zero-order chi connectivity index (χ0) is 19.3. The van der Waals surface area contributed by atoms with Crippen molar-refractivity contribution >= 4 is 15.9 Å². The number of benzene rings is 2. The van der Waals surface area contributed by atoms with E-state index in [0.29, 0.717) is 12.1 Å². The summed E-state index contributed by atoms with van der Waals surface area (Å²) in [6.45, 7) is 0.417. The molecule has 2 aromatic carbocycles. The molecule has 0 aliphatic rings. The molecule has 0 saturated carbocycles. The molecule has 26 heavy (non-hydrogen) atoms. The maximum atomic E-state index is 12.5. The summed E-state index contributed by atoms with van der Waals surface area (Å²) >= 11 is 0. The molecule has 0 radical (unpaired) electrons. The highest BCUT2D eigenvalue weighted by Gasteiger charge is 2.20. The highest BCUT2D eigenvalue weighted by atomic mass is 32.2. The van der Waals surface area contributed by atoms with Crippen LogP contribution in [-0.4, -0.2) is 58.3 Å². The Kier molecular flexibility index (Phi) is 6.52. The normalized spacial score (nSPS) is 13.0. The van der Waals surface area contributed by atoms with Gasteiger partial charge in [-0.3, -0.25) is 4.79 Å². The zero-order valence-corrected chi connectivity index (χ0v) is 16.3. The van der Waals surface area contributed by atoms with E-state index in [2.05, 4.69) is 5.32 Å². The third-order valence-corrected chi connectivity index (χ3v) is 5.95. The van der Waals surface area contributed by atoms with Gasteiger partial charge in [0.15, 0.2) is 0 Å². The first-order valence-electron chi connectivity index (χ1n) is 8.25. The Morgan fingerprint density at radius 3 is 2.23 bits per heavy atom. The number of carbonyl (C=O) groups is 1. The summed E-state index contributed by atoms with van der Waals surface area (Å²) in [5.41, 5.74) is 1.42. The fourth-order valence-corrected chi connectivity index (χ4v) is 3.52. The minimum atomic E-state index is -3.58. The molecule has 0 fully saturated rings. The van der Waals surface area contributed by atoms with Crippen LogP contribution in [0.15, 0.2) is 59.5 Å². The van der Waals surface area contributed by atoms with Gasteiger partial charge in [-0.05, 0) is 37.9 Å². The van der Waals surface area contributed by atoms with E-state index in [1.54, 1.807) is 12.1 Å². The molecule has 0 bridgehead atoms. The van der Waals surface area contributed by atoms with Gasteiger partial charge in [0.2, 0.25) is 10.0 Å². The maximum absolute atomic E-state index is 12.5. The lowest BCUT2D eigenvalue weighted by molar-refractivity contribution is 0.0941. The summed E-state index contributed by atoms with van der Waals surface area (Å²) in [5.74, 6) is -0.302. The van der Waals surface area contributed by atoms with E-state index in [-0.39, 0.29) is 16.8 Å². The molecule has 0 spiro atoms. The van der Waals surface area contributed by atoms with Crippen molar-refractivity contribution in [2.24, 2.45) is 0 Å². The number of sulfonamides is 1. The molecule has 7 heteroatoms. The molecule has 1 atom stereocenters. The average Bonchev–Trinajstić information content (AvgIpc) is 2.62. The molecule has 2 rings (SSSR count). The van der Waals surface area contributed by atoms with Crippen LogP contribution < -0.4 is 5.32 Å². The fourth-order valence-electron chi connectivity index (χ4n) is 2.57. The van der Waals surface area contributed by atoms with E-state index in [0.717, 1.165) is 9.87 Å². The molecule has 1 amide bonds. The SMILES string of the molecule is CN(C)[C@@H](CNC(=O)c1cccc(S(=O)(=O)N(C)C)c1)c1ccccc1. The lowest BCUT2D eigenvalue weighted by Crippen LogP contribution is -2.34. The van der Waals surface area contributed by atoms with Gasteiger partial charge in [-0.2, -0.15) is 0 Å². The van der Waals surface area contributed by atoms with Crippen molar-refractivity contribution in [1.29, 1.82) is 0 Å². The number of hydrogen-bond donors (Lipinski definition) is 1. The number of carbonyl (C=O) groups excluding carboxylic acids is 1. The fraction of sp³-hybridized carbons (Fsp3) is 0.316. The summed E-state index contributed by atoms with van der Waals surface area (Å²) in [5, 5.41) is 2.90. The second kappa shape index (κ2) is 8.44. The highest BCUT2D eigenvalue weighted by Crippen LogP contribution is 2.18. The molecule has 0 aromatic heterocycles. The van der Waals surface area contributed by atoms with Crippen LogP contribution in [0.25, 0.3) is 0 Å². The van der Waals surface area contributed by atoms with Crippen molar-refractivity contribution in [3.63, 3.8) is 0 Å². The van der Waals surface area contributed by atoms with Crippen LogP contribution in [0.3, 0.4) is 0 Å². The van der Waals surface area contributed by atoms with Crippen LogP contribution in [0, 0.1) is 0 Å². The van der Waals surface area contributed by atoms with Crippen LogP contribution in [-0.2, 0) is 10.0 Å². The molecule has 0 aliphatic carbocycles. The lowest BCUT2D eigenvalue weighted by atomic mass is 10.1. The van der Waals surface area contributed by atoms with Gasteiger partial charge in [0.25, 0.3) is 5.91 Å². The predicted octanol–water partition coefficient (Wildman–Crippen LogP) is 1.97. The Hall–Kier alpha value is -2.22. The molecule has 6 nitrogen and oxygen atoms in total.